The Hall–Kier alpha value is -2.77. The number of nitrogens with two attached hydrogens (primary N) is 3. The quantitative estimate of drug-likeness (QED) is 0.126. The van der Waals surface area contributed by atoms with Crippen LogP contribution in [0.5, 0.6) is 0 Å². The summed E-state index contributed by atoms with van der Waals surface area (Å²) >= 11 is 0. The number of hydrogen-bond acceptors (Lipinski definition) is 8. The minimum absolute atomic E-state index is 0.103. The Morgan fingerprint density at radius 2 is 1.43 bits per heavy atom. The Balaban J connectivity index is 5.44. The van der Waals surface area contributed by atoms with Crippen molar-refractivity contribution in [3.8, 4) is 0 Å². The molecule has 0 aliphatic rings. The number of carboxylic acids is 1. The lowest BCUT2D eigenvalue weighted by Crippen LogP contribution is -2.58. The van der Waals surface area contributed by atoms with Gasteiger partial charge in [-0.15, -0.1) is 0 Å². The lowest BCUT2D eigenvalue weighted by atomic mass is 10.1. The minimum Gasteiger partial charge on any atom is -0.480 e. The van der Waals surface area contributed by atoms with Crippen LogP contribution in [0.3, 0.4) is 0 Å². The van der Waals surface area contributed by atoms with E-state index in [2.05, 4.69) is 16.0 Å². The molecule has 0 rings (SSSR count). The SMILES string of the molecule is CC(N)C(=O)NC(CC(N)=O)C(=O)NC(CCCCN)C(=O)NC(C(=O)O)C(C)O. The van der Waals surface area contributed by atoms with Crippen LogP contribution < -0.4 is 33.2 Å². The second-order valence-electron chi connectivity index (χ2n) is 6.93. The van der Waals surface area contributed by atoms with E-state index in [0.29, 0.717) is 19.4 Å². The van der Waals surface area contributed by atoms with Gasteiger partial charge in [-0.2, -0.15) is 0 Å². The van der Waals surface area contributed by atoms with Crippen LogP contribution in [0.25, 0.3) is 0 Å². The van der Waals surface area contributed by atoms with Crippen LogP contribution in [0.2, 0.25) is 0 Å². The maximum Gasteiger partial charge on any atom is 0.328 e. The van der Waals surface area contributed by atoms with Crippen LogP contribution in [-0.4, -0.2) is 76.6 Å². The van der Waals surface area contributed by atoms with E-state index in [9.17, 15) is 29.1 Å². The van der Waals surface area contributed by atoms with Crippen molar-refractivity contribution in [3.05, 3.63) is 0 Å². The summed E-state index contributed by atoms with van der Waals surface area (Å²) in [7, 11) is 0. The van der Waals surface area contributed by atoms with E-state index in [4.69, 9.17) is 22.3 Å². The van der Waals surface area contributed by atoms with Gasteiger partial charge in [-0.25, -0.2) is 4.79 Å². The molecule has 30 heavy (non-hydrogen) atoms. The van der Waals surface area contributed by atoms with E-state index in [0.717, 1.165) is 0 Å². The smallest absolute Gasteiger partial charge is 0.328 e. The van der Waals surface area contributed by atoms with Crippen molar-refractivity contribution in [1.29, 1.82) is 0 Å². The number of carbonyl (C=O) groups is 5. The van der Waals surface area contributed by atoms with Crippen LogP contribution in [0.15, 0.2) is 0 Å². The van der Waals surface area contributed by atoms with E-state index in [1.807, 2.05) is 0 Å². The molecule has 13 nitrogen and oxygen atoms in total. The monoisotopic (exact) mass is 432 g/mol. The third-order valence-electron chi connectivity index (χ3n) is 4.08. The number of aliphatic hydroxyl groups excluding tert-OH is 1. The lowest BCUT2D eigenvalue weighted by Gasteiger charge is -2.25. The van der Waals surface area contributed by atoms with Crippen molar-refractivity contribution in [3.63, 3.8) is 0 Å². The Morgan fingerprint density at radius 1 is 0.900 bits per heavy atom. The van der Waals surface area contributed by atoms with Gasteiger partial charge in [-0.3, -0.25) is 19.2 Å². The van der Waals surface area contributed by atoms with Crippen LogP contribution in [0, 0.1) is 0 Å². The number of aliphatic hydroxyl groups is 1. The zero-order chi connectivity index (χ0) is 23.4. The van der Waals surface area contributed by atoms with Crippen molar-refractivity contribution in [2.24, 2.45) is 17.2 Å². The first-order chi connectivity index (χ1) is 13.9. The molecule has 13 heteroatoms. The molecule has 11 N–H and O–H groups in total. The molecular formula is C17H32N6O7. The van der Waals surface area contributed by atoms with Gasteiger partial charge < -0.3 is 43.4 Å². The molecule has 0 saturated heterocycles. The number of hydrogen-bond donors (Lipinski definition) is 8. The molecule has 0 spiro atoms. The molecule has 0 aromatic heterocycles. The average Bonchev–Trinajstić information content (AvgIpc) is 2.63. The van der Waals surface area contributed by atoms with Crippen LogP contribution >= 0.6 is 0 Å². The second-order valence-corrected chi connectivity index (χ2v) is 6.93. The lowest BCUT2D eigenvalue weighted by molar-refractivity contribution is -0.145. The number of carboxylic acid groups (broad SMARTS) is 1. The molecule has 0 heterocycles. The number of aliphatic carboxylic acids is 1. The fraction of sp³-hybridized carbons (Fsp3) is 0.706. The van der Waals surface area contributed by atoms with Crippen molar-refractivity contribution in [1.82, 2.24) is 16.0 Å². The molecule has 4 amide bonds. The molecular weight excluding hydrogens is 400 g/mol. The molecule has 0 aliphatic heterocycles. The van der Waals surface area contributed by atoms with Crippen molar-refractivity contribution < 1.29 is 34.2 Å². The largest absolute Gasteiger partial charge is 0.480 e. The predicted octanol–water partition coefficient (Wildman–Crippen LogP) is -3.74. The van der Waals surface area contributed by atoms with Crippen LogP contribution in [-0.2, 0) is 24.0 Å². The highest BCUT2D eigenvalue weighted by Crippen LogP contribution is 2.05. The highest BCUT2D eigenvalue weighted by Gasteiger charge is 2.31. The summed E-state index contributed by atoms with van der Waals surface area (Å²) in [5.41, 5.74) is 16.0. The molecule has 0 fully saturated rings. The number of unbranched alkanes of at least 4 members (excludes halogenated alkanes) is 1. The van der Waals surface area contributed by atoms with Crippen LogP contribution in [0.1, 0.15) is 39.5 Å². The second kappa shape index (κ2) is 13.5. The van der Waals surface area contributed by atoms with E-state index in [1.165, 1.54) is 13.8 Å². The Labute approximate surface area is 174 Å². The fourth-order valence-corrected chi connectivity index (χ4v) is 2.39. The Bertz CT molecular complexity index is 626. The highest BCUT2D eigenvalue weighted by molar-refractivity contribution is 5.96. The Kier molecular flexibility index (Phi) is 12.2. The maximum atomic E-state index is 12.6. The van der Waals surface area contributed by atoms with E-state index in [-0.39, 0.29) is 6.42 Å². The molecule has 5 atom stereocenters. The van der Waals surface area contributed by atoms with Gasteiger partial charge in [0.05, 0.1) is 18.6 Å². The summed E-state index contributed by atoms with van der Waals surface area (Å²) in [6, 6.07) is -5.13. The number of amides is 4. The van der Waals surface area contributed by atoms with Crippen molar-refractivity contribution in [2.75, 3.05) is 6.54 Å². The van der Waals surface area contributed by atoms with Gasteiger partial charge in [0.25, 0.3) is 0 Å². The highest BCUT2D eigenvalue weighted by atomic mass is 16.4. The first-order valence-corrected chi connectivity index (χ1v) is 9.46. The Morgan fingerprint density at radius 3 is 1.87 bits per heavy atom. The van der Waals surface area contributed by atoms with E-state index < -0.39 is 66.3 Å². The summed E-state index contributed by atoms with van der Waals surface area (Å²) in [6.07, 6.45) is -0.864. The predicted molar refractivity (Wildman–Crippen MR) is 105 cm³/mol. The van der Waals surface area contributed by atoms with Crippen LogP contribution in [0.4, 0.5) is 0 Å². The zero-order valence-corrected chi connectivity index (χ0v) is 17.1. The first-order valence-electron chi connectivity index (χ1n) is 9.46. The number of rotatable bonds is 14. The van der Waals surface area contributed by atoms with Gasteiger partial charge in [0, 0.05) is 0 Å². The van der Waals surface area contributed by atoms with Gasteiger partial charge in [0.1, 0.15) is 12.1 Å². The van der Waals surface area contributed by atoms with E-state index in [1.54, 1.807) is 0 Å². The average molecular weight is 432 g/mol. The summed E-state index contributed by atoms with van der Waals surface area (Å²) in [6.45, 7) is 2.90. The summed E-state index contributed by atoms with van der Waals surface area (Å²) in [5, 5.41) is 25.5. The standard InChI is InChI=1S/C17H32N6O7/c1-8(19)14(26)22-11(7-12(20)25)16(28)21-10(5-3-4-6-18)15(27)23-13(9(2)24)17(29)30/h8-11,13,24H,3-7,18-19H2,1-2H3,(H2,20,25)(H,21,28)(H,22,26)(H,23,27)(H,29,30). The van der Waals surface area contributed by atoms with Gasteiger partial charge in [-0.05, 0) is 39.7 Å². The van der Waals surface area contributed by atoms with Crippen molar-refractivity contribution >= 4 is 29.6 Å². The zero-order valence-electron chi connectivity index (χ0n) is 17.1. The fourth-order valence-electron chi connectivity index (χ4n) is 2.39. The normalized spacial score (nSPS) is 15.8. The van der Waals surface area contributed by atoms with E-state index >= 15 is 0 Å². The van der Waals surface area contributed by atoms with Gasteiger partial charge in [-0.1, -0.05) is 0 Å². The molecule has 0 bridgehead atoms. The molecule has 0 radical (unpaired) electrons. The number of primary amides is 1. The molecule has 5 unspecified atom stereocenters. The molecule has 0 saturated carbocycles. The van der Waals surface area contributed by atoms with Crippen molar-refractivity contribution in [2.45, 2.75) is 69.8 Å². The van der Waals surface area contributed by atoms with Gasteiger partial charge in [0.2, 0.25) is 23.6 Å². The molecule has 172 valence electrons. The minimum atomic E-state index is -1.59. The topological polar surface area (TPSA) is 240 Å². The summed E-state index contributed by atoms with van der Waals surface area (Å²) in [5.74, 6) is -4.77. The number of nitrogens with one attached hydrogen (secondary N) is 3. The summed E-state index contributed by atoms with van der Waals surface area (Å²) in [4.78, 5) is 59.4. The van der Waals surface area contributed by atoms with Gasteiger partial charge in [0.15, 0.2) is 6.04 Å². The number of carbonyl (C=O) groups excluding carboxylic acids is 4. The maximum absolute atomic E-state index is 12.6. The third kappa shape index (κ3) is 10.1. The molecule has 0 aromatic rings. The summed E-state index contributed by atoms with van der Waals surface area (Å²) < 4.78 is 0. The third-order valence-corrected chi connectivity index (χ3v) is 4.08. The van der Waals surface area contributed by atoms with Gasteiger partial charge >= 0.3 is 5.97 Å². The first kappa shape index (κ1) is 27.2. The molecule has 0 aromatic carbocycles. The molecule has 0 aliphatic carbocycles.